The second-order valence-electron chi connectivity index (χ2n) is 4.94. The largest absolute Gasteiger partial charge is 0.327 e. The second kappa shape index (κ2) is 5.46. The van der Waals surface area contributed by atoms with Crippen molar-refractivity contribution in [3.05, 3.63) is 34.1 Å². The first-order valence-electron chi connectivity index (χ1n) is 5.97. The molecule has 0 bridgehead atoms. The van der Waals surface area contributed by atoms with Crippen LogP contribution in [0.15, 0.2) is 22.7 Å². The number of rotatable bonds is 2. The molecule has 4 heteroatoms. The van der Waals surface area contributed by atoms with Gasteiger partial charge in [-0.3, -0.25) is 4.90 Å². The number of nitrogens with two attached hydrogens (primary N) is 1. The van der Waals surface area contributed by atoms with Crippen molar-refractivity contribution in [1.82, 2.24) is 4.90 Å². The number of nitrogens with zero attached hydrogens (tertiary/aromatic N) is 1. The van der Waals surface area contributed by atoms with E-state index in [1.165, 1.54) is 6.07 Å². The quantitative estimate of drug-likeness (QED) is 0.910. The van der Waals surface area contributed by atoms with Crippen LogP contribution in [-0.4, -0.2) is 24.0 Å². The zero-order valence-electron chi connectivity index (χ0n) is 10.00. The highest BCUT2D eigenvalue weighted by molar-refractivity contribution is 9.10. The third-order valence-corrected chi connectivity index (χ3v) is 3.84. The molecular formula is C13H18BrFN2. The number of halogens is 2. The lowest BCUT2D eigenvalue weighted by atomic mass is 9.94. The monoisotopic (exact) mass is 300 g/mol. The van der Waals surface area contributed by atoms with Crippen molar-refractivity contribution in [2.45, 2.75) is 25.9 Å². The van der Waals surface area contributed by atoms with Gasteiger partial charge < -0.3 is 5.73 Å². The van der Waals surface area contributed by atoms with Gasteiger partial charge in [0, 0.05) is 23.6 Å². The highest BCUT2D eigenvalue weighted by atomic mass is 79.9. The summed E-state index contributed by atoms with van der Waals surface area (Å²) in [6.45, 7) is 4.97. The first-order chi connectivity index (χ1) is 8.04. The van der Waals surface area contributed by atoms with Gasteiger partial charge in [0.25, 0.3) is 0 Å². The van der Waals surface area contributed by atoms with Gasteiger partial charge in [0.15, 0.2) is 0 Å². The molecule has 2 atom stereocenters. The lowest BCUT2D eigenvalue weighted by Gasteiger charge is -2.35. The molecule has 1 fully saturated rings. The summed E-state index contributed by atoms with van der Waals surface area (Å²) >= 11 is 3.32. The van der Waals surface area contributed by atoms with Crippen LogP contribution in [-0.2, 0) is 6.54 Å². The summed E-state index contributed by atoms with van der Waals surface area (Å²) in [5, 5.41) is 0. The first-order valence-corrected chi connectivity index (χ1v) is 6.77. The Bertz CT molecular complexity index is 377. The zero-order chi connectivity index (χ0) is 12.4. The van der Waals surface area contributed by atoms with E-state index in [1.807, 2.05) is 6.07 Å². The molecule has 1 saturated heterocycles. The van der Waals surface area contributed by atoms with Gasteiger partial charge in [-0.1, -0.05) is 22.9 Å². The molecule has 1 aliphatic heterocycles. The summed E-state index contributed by atoms with van der Waals surface area (Å²) in [6, 6.07) is 5.37. The van der Waals surface area contributed by atoms with E-state index in [-0.39, 0.29) is 5.82 Å². The fraction of sp³-hybridized carbons (Fsp3) is 0.538. The van der Waals surface area contributed by atoms with Crippen LogP contribution in [0.25, 0.3) is 0 Å². The Morgan fingerprint density at radius 3 is 2.88 bits per heavy atom. The van der Waals surface area contributed by atoms with E-state index in [1.54, 1.807) is 6.07 Å². The number of benzene rings is 1. The Morgan fingerprint density at radius 2 is 2.24 bits per heavy atom. The topological polar surface area (TPSA) is 29.3 Å². The summed E-state index contributed by atoms with van der Waals surface area (Å²) in [6.07, 6.45) is 1.03. The van der Waals surface area contributed by atoms with Gasteiger partial charge >= 0.3 is 0 Å². The van der Waals surface area contributed by atoms with Gasteiger partial charge in [-0.25, -0.2) is 4.39 Å². The minimum atomic E-state index is -0.184. The SMILES string of the molecule is CC1CN(Cc2cc(F)cc(Br)c2)CCC1N. The minimum absolute atomic E-state index is 0.184. The second-order valence-corrected chi connectivity index (χ2v) is 5.86. The zero-order valence-corrected chi connectivity index (χ0v) is 11.6. The molecule has 17 heavy (non-hydrogen) atoms. The minimum Gasteiger partial charge on any atom is -0.327 e. The van der Waals surface area contributed by atoms with Crippen LogP contribution < -0.4 is 5.73 Å². The Balaban J connectivity index is 2.01. The number of hydrogen-bond donors (Lipinski definition) is 1. The molecule has 2 unspecified atom stereocenters. The predicted molar refractivity (Wildman–Crippen MR) is 71.1 cm³/mol. The Hall–Kier alpha value is -0.450. The predicted octanol–water partition coefficient (Wildman–Crippen LogP) is 2.76. The van der Waals surface area contributed by atoms with Crippen molar-refractivity contribution in [3.8, 4) is 0 Å². The van der Waals surface area contributed by atoms with Crippen LogP contribution in [0.1, 0.15) is 18.9 Å². The van der Waals surface area contributed by atoms with Crippen molar-refractivity contribution < 1.29 is 4.39 Å². The summed E-state index contributed by atoms with van der Waals surface area (Å²) in [7, 11) is 0. The van der Waals surface area contributed by atoms with Gasteiger partial charge in [-0.15, -0.1) is 0 Å². The van der Waals surface area contributed by atoms with E-state index in [4.69, 9.17) is 5.73 Å². The van der Waals surface area contributed by atoms with Crippen LogP contribution in [0.2, 0.25) is 0 Å². The molecule has 0 aliphatic carbocycles. The lowest BCUT2D eigenvalue weighted by Crippen LogP contribution is -2.45. The van der Waals surface area contributed by atoms with Crippen LogP contribution in [0.5, 0.6) is 0 Å². The molecule has 2 N–H and O–H groups in total. The smallest absolute Gasteiger partial charge is 0.124 e. The number of hydrogen-bond acceptors (Lipinski definition) is 2. The normalized spacial score (nSPS) is 26.1. The van der Waals surface area contributed by atoms with Gasteiger partial charge in [-0.05, 0) is 42.6 Å². The van der Waals surface area contributed by atoms with Crippen molar-refractivity contribution in [1.29, 1.82) is 0 Å². The molecule has 0 spiro atoms. The molecule has 2 rings (SSSR count). The molecule has 0 saturated carbocycles. The van der Waals surface area contributed by atoms with Crippen molar-refractivity contribution >= 4 is 15.9 Å². The Kier molecular flexibility index (Phi) is 4.17. The maximum Gasteiger partial charge on any atom is 0.124 e. The van der Waals surface area contributed by atoms with Crippen LogP contribution in [0.4, 0.5) is 4.39 Å². The van der Waals surface area contributed by atoms with Crippen LogP contribution >= 0.6 is 15.9 Å². The van der Waals surface area contributed by atoms with Gasteiger partial charge in [0.05, 0.1) is 0 Å². The highest BCUT2D eigenvalue weighted by Gasteiger charge is 2.22. The number of piperidine rings is 1. The molecule has 94 valence electrons. The van der Waals surface area contributed by atoms with E-state index in [2.05, 4.69) is 27.8 Å². The lowest BCUT2D eigenvalue weighted by molar-refractivity contribution is 0.157. The number of likely N-dealkylation sites (tertiary alicyclic amines) is 1. The fourth-order valence-corrected chi connectivity index (χ4v) is 2.87. The molecular weight excluding hydrogens is 283 g/mol. The summed E-state index contributed by atoms with van der Waals surface area (Å²) in [5.74, 6) is 0.330. The van der Waals surface area contributed by atoms with Crippen molar-refractivity contribution in [3.63, 3.8) is 0 Å². The average molecular weight is 301 g/mol. The molecule has 0 amide bonds. The molecule has 2 nitrogen and oxygen atoms in total. The van der Waals surface area contributed by atoms with E-state index in [0.717, 1.165) is 36.1 Å². The van der Waals surface area contributed by atoms with Crippen LogP contribution in [0, 0.1) is 11.7 Å². The van der Waals surface area contributed by atoms with Crippen LogP contribution in [0.3, 0.4) is 0 Å². The first kappa shape index (κ1) is 13.0. The van der Waals surface area contributed by atoms with E-state index >= 15 is 0 Å². The summed E-state index contributed by atoms with van der Waals surface area (Å²) in [4.78, 5) is 2.34. The Morgan fingerprint density at radius 1 is 1.47 bits per heavy atom. The highest BCUT2D eigenvalue weighted by Crippen LogP contribution is 2.20. The fourth-order valence-electron chi connectivity index (χ4n) is 2.35. The van der Waals surface area contributed by atoms with Crippen molar-refractivity contribution in [2.75, 3.05) is 13.1 Å². The molecule has 0 radical (unpaired) electrons. The van der Waals surface area contributed by atoms with E-state index in [0.29, 0.717) is 12.0 Å². The Labute approximate surface area is 110 Å². The maximum absolute atomic E-state index is 13.3. The van der Waals surface area contributed by atoms with E-state index < -0.39 is 0 Å². The summed E-state index contributed by atoms with van der Waals surface area (Å²) < 4.78 is 14.1. The van der Waals surface area contributed by atoms with Gasteiger partial charge in [-0.2, -0.15) is 0 Å². The standard InChI is InChI=1S/C13H18BrFN2/c1-9-7-17(3-2-13(9)16)8-10-4-11(14)6-12(15)5-10/h4-6,9,13H,2-3,7-8,16H2,1H3. The van der Waals surface area contributed by atoms with Crippen molar-refractivity contribution in [2.24, 2.45) is 11.7 Å². The summed E-state index contributed by atoms with van der Waals surface area (Å²) in [5.41, 5.74) is 7.00. The van der Waals surface area contributed by atoms with E-state index in [9.17, 15) is 4.39 Å². The third-order valence-electron chi connectivity index (χ3n) is 3.38. The molecule has 1 aromatic rings. The third kappa shape index (κ3) is 3.50. The maximum atomic E-state index is 13.3. The average Bonchev–Trinajstić information content (AvgIpc) is 2.22. The molecule has 1 aliphatic rings. The molecule has 0 aromatic heterocycles. The molecule has 1 aromatic carbocycles. The molecule has 1 heterocycles. The van der Waals surface area contributed by atoms with Gasteiger partial charge in [0.2, 0.25) is 0 Å². The van der Waals surface area contributed by atoms with Gasteiger partial charge in [0.1, 0.15) is 5.82 Å².